The highest BCUT2D eigenvalue weighted by atomic mass is 16.2. The van der Waals surface area contributed by atoms with Crippen LogP contribution in [0.2, 0.25) is 0 Å². The first-order valence-electron chi connectivity index (χ1n) is 8.10. The first-order valence-corrected chi connectivity index (χ1v) is 8.10. The van der Waals surface area contributed by atoms with Gasteiger partial charge in [0.1, 0.15) is 0 Å². The fraction of sp³-hybridized carbons (Fsp3) is 0.867. The first-order chi connectivity index (χ1) is 10.0. The number of hydrogen-bond donors (Lipinski definition) is 3. The summed E-state index contributed by atoms with van der Waals surface area (Å²) in [6.07, 6.45) is 4.87. The Hall–Kier alpha value is -1.14. The molecule has 2 fully saturated rings. The van der Waals surface area contributed by atoms with Gasteiger partial charge < -0.3 is 10.6 Å². The van der Waals surface area contributed by atoms with Gasteiger partial charge in [-0.2, -0.15) is 0 Å². The maximum Gasteiger partial charge on any atom is 0.321 e. The molecule has 1 unspecified atom stereocenters. The Morgan fingerprint density at radius 1 is 1.24 bits per heavy atom. The lowest BCUT2D eigenvalue weighted by Gasteiger charge is -2.34. The molecule has 2 heterocycles. The molecule has 0 aromatic rings. The number of amides is 3. The number of nitrogens with one attached hydrogen (secondary N) is 3. The zero-order valence-electron chi connectivity index (χ0n) is 13.2. The predicted molar refractivity (Wildman–Crippen MR) is 82.0 cm³/mol. The van der Waals surface area contributed by atoms with Crippen LogP contribution in [0.5, 0.6) is 0 Å². The van der Waals surface area contributed by atoms with Crippen molar-refractivity contribution in [3.05, 3.63) is 0 Å². The minimum absolute atomic E-state index is 0.0347. The number of likely N-dealkylation sites (tertiary alicyclic amines) is 1. The lowest BCUT2D eigenvalue weighted by molar-refractivity contribution is -0.121. The second kappa shape index (κ2) is 7.75. The van der Waals surface area contributed by atoms with Crippen LogP contribution >= 0.6 is 0 Å². The third-order valence-corrected chi connectivity index (χ3v) is 4.34. The van der Waals surface area contributed by atoms with E-state index >= 15 is 0 Å². The standard InChI is InChI=1S/C15H28N4O2/c1-11(2)17-15(21)18-14(20)10-19-8-5-12(6-9-19)13-4-3-7-16-13/h11-13,16H,3-10H2,1-2H3,(H2,17,18,20,21). The maximum absolute atomic E-state index is 11.8. The van der Waals surface area contributed by atoms with E-state index in [-0.39, 0.29) is 11.9 Å². The van der Waals surface area contributed by atoms with Crippen molar-refractivity contribution < 1.29 is 9.59 Å². The smallest absolute Gasteiger partial charge is 0.321 e. The van der Waals surface area contributed by atoms with Crippen LogP contribution in [0.4, 0.5) is 4.79 Å². The quantitative estimate of drug-likeness (QED) is 0.713. The van der Waals surface area contributed by atoms with E-state index in [1.807, 2.05) is 13.8 Å². The van der Waals surface area contributed by atoms with E-state index in [0.717, 1.165) is 38.4 Å². The van der Waals surface area contributed by atoms with Crippen molar-refractivity contribution in [1.29, 1.82) is 0 Å². The fourth-order valence-corrected chi connectivity index (χ4v) is 3.29. The molecular formula is C15H28N4O2. The molecule has 2 rings (SSSR count). The SMILES string of the molecule is CC(C)NC(=O)NC(=O)CN1CCC(C2CCCN2)CC1. The van der Waals surface area contributed by atoms with E-state index in [1.165, 1.54) is 12.8 Å². The molecule has 2 saturated heterocycles. The van der Waals surface area contributed by atoms with Gasteiger partial charge in [-0.05, 0) is 65.1 Å². The van der Waals surface area contributed by atoms with Crippen molar-refractivity contribution in [2.45, 2.75) is 51.6 Å². The third-order valence-electron chi connectivity index (χ3n) is 4.34. The lowest BCUT2D eigenvalue weighted by atomic mass is 9.88. The second-order valence-electron chi connectivity index (χ2n) is 6.49. The normalized spacial score (nSPS) is 24.2. The minimum atomic E-state index is -0.403. The van der Waals surface area contributed by atoms with E-state index in [0.29, 0.717) is 12.6 Å². The summed E-state index contributed by atoms with van der Waals surface area (Å²) in [5.41, 5.74) is 0. The number of imide groups is 1. The van der Waals surface area contributed by atoms with Crippen LogP contribution in [0, 0.1) is 5.92 Å². The highest BCUT2D eigenvalue weighted by Crippen LogP contribution is 2.25. The number of nitrogens with zero attached hydrogens (tertiary/aromatic N) is 1. The summed E-state index contributed by atoms with van der Waals surface area (Å²) in [5.74, 6) is 0.529. The number of carbonyl (C=O) groups excluding carboxylic acids is 2. The van der Waals surface area contributed by atoms with Gasteiger partial charge in [0.15, 0.2) is 0 Å². The molecule has 6 nitrogen and oxygen atoms in total. The highest BCUT2D eigenvalue weighted by molar-refractivity contribution is 5.95. The molecule has 0 radical (unpaired) electrons. The Balaban J connectivity index is 1.65. The zero-order chi connectivity index (χ0) is 15.2. The van der Waals surface area contributed by atoms with Gasteiger partial charge in [0, 0.05) is 12.1 Å². The van der Waals surface area contributed by atoms with Gasteiger partial charge in [0.25, 0.3) is 0 Å². The van der Waals surface area contributed by atoms with Crippen LogP contribution in [0.15, 0.2) is 0 Å². The molecule has 0 saturated carbocycles. The number of hydrogen-bond acceptors (Lipinski definition) is 4. The van der Waals surface area contributed by atoms with Crippen molar-refractivity contribution in [2.75, 3.05) is 26.2 Å². The molecule has 6 heteroatoms. The minimum Gasteiger partial charge on any atom is -0.336 e. The number of piperidine rings is 1. The molecule has 3 amide bonds. The van der Waals surface area contributed by atoms with Gasteiger partial charge in [-0.3, -0.25) is 15.0 Å². The number of rotatable bonds is 4. The van der Waals surface area contributed by atoms with E-state index in [2.05, 4.69) is 20.9 Å². The fourth-order valence-electron chi connectivity index (χ4n) is 3.29. The summed E-state index contributed by atoms with van der Waals surface area (Å²) >= 11 is 0. The number of carbonyl (C=O) groups is 2. The van der Waals surface area contributed by atoms with Crippen LogP contribution in [0.1, 0.15) is 39.5 Å². The van der Waals surface area contributed by atoms with E-state index in [9.17, 15) is 9.59 Å². The summed E-state index contributed by atoms with van der Waals surface area (Å²) in [7, 11) is 0. The lowest BCUT2D eigenvalue weighted by Crippen LogP contribution is -2.48. The molecule has 3 N–H and O–H groups in total. The molecule has 0 spiro atoms. The van der Waals surface area contributed by atoms with Crippen LogP contribution in [0.25, 0.3) is 0 Å². The summed E-state index contributed by atoms with van der Waals surface area (Å²) in [6, 6.07) is 0.310. The van der Waals surface area contributed by atoms with E-state index in [1.54, 1.807) is 0 Å². The molecule has 21 heavy (non-hydrogen) atoms. The molecule has 0 aliphatic carbocycles. The van der Waals surface area contributed by atoms with E-state index < -0.39 is 6.03 Å². The average molecular weight is 296 g/mol. The molecule has 2 aliphatic rings. The second-order valence-corrected chi connectivity index (χ2v) is 6.49. The van der Waals surface area contributed by atoms with Gasteiger partial charge >= 0.3 is 6.03 Å². The van der Waals surface area contributed by atoms with Crippen molar-refractivity contribution in [3.8, 4) is 0 Å². The molecule has 0 bridgehead atoms. The van der Waals surface area contributed by atoms with Gasteiger partial charge in [-0.15, -0.1) is 0 Å². The van der Waals surface area contributed by atoms with Crippen LogP contribution in [-0.4, -0.2) is 55.1 Å². The highest BCUT2D eigenvalue weighted by Gasteiger charge is 2.28. The first kappa shape index (κ1) is 16.2. The molecule has 2 aliphatic heterocycles. The summed E-state index contributed by atoms with van der Waals surface area (Å²) in [5, 5.41) is 8.61. The largest absolute Gasteiger partial charge is 0.336 e. The van der Waals surface area contributed by atoms with Gasteiger partial charge in [0.2, 0.25) is 5.91 Å². The summed E-state index contributed by atoms with van der Waals surface area (Å²) in [4.78, 5) is 25.4. The summed E-state index contributed by atoms with van der Waals surface area (Å²) in [6.45, 7) is 7.09. The molecular weight excluding hydrogens is 268 g/mol. The Morgan fingerprint density at radius 2 is 1.95 bits per heavy atom. The van der Waals surface area contributed by atoms with Crippen LogP contribution < -0.4 is 16.0 Å². The van der Waals surface area contributed by atoms with Gasteiger partial charge in [0.05, 0.1) is 6.54 Å². The predicted octanol–water partition coefficient (Wildman–Crippen LogP) is 0.685. The maximum atomic E-state index is 11.8. The summed E-state index contributed by atoms with van der Waals surface area (Å²) < 4.78 is 0. The molecule has 120 valence electrons. The van der Waals surface area contributed by atoms with Crippen molar-refractivity contribution >= 4 is 11.9 Å². The Kier molecular flexibility index (Phi) is 5.99. The average Bonchev–Trinajstić information content (AvgIpc) is 2.92. The zero-order valence-corrected chi connectivity index (χ0v) is 13.2. The third kappa shape index (κ3) is 5.28. The molecule has 1 atom stereocenters. The van der Waals surface area contributed by atoms with E-state index in [4.69, 9.17) is 0 Å². The van der Waals surface area contributed by atoms with Crippen LogP contribution in [-0.2, 0) is 4.79 Å². The van der Waals surface area contributed by atoms with Crippen LogP contribution in [0.3, 0.4) is 0 Å². The van der Waals surface area contributed by atoms with Crippen molar-refractivity contribution in [3.63, 3.8) is 0 Å². The monoisotopic (exact) mass is 296 g/mol. The van der Waals surface area contributed by atoms with Crippen molar-refractivity contribution in [2.24, 2.45) is 5.92 Å². The van der Waals surface area contributed by atoms with Gasteiger partial charge in [-0.1, -0.05) is 0 Å². The Bertz CT molecular complexity index is 359. The topological polar surface area (TPSA) is 73.5 Å². The Morgan fingerprint density at radius 3 is 2.52 bits per heavy atom. The molecule has 0 aromatic heterocycles. The van der Waals surface area contributed by atoms with Gasteiger partial charge in [-0.25, -0.2) is 4.79 Å². The Labute approximate surface area is 127 Å². The number of urea groups is 1. The van der Waals surface area contributed by atoms with Crippen molar-refractivity contribution in [1.82, 2.24) is 20.9 Å². The molecule has 0 aromatic carbocycles.